The Balaban J connectivity index is 2.22. The number of nitrogens with one attached hydrogen (secondary N) is 1. The van der Waals surface area contributed by atoms with E-state index in [0.29, 0.717) is 12.3 Å². The lowest BCUT2D eigenvalue weighted by atomic mass is 9.98. The molecule has 0 fully saturated rings. The maximum atomic E-state index is 11.8. The summed E-state index contributed by atoms with van der Waals surface area (Å²) in [6.45, 7) is 6.33. The van der Waals surface area contributed by atoms with Crippen LogP contribution in [0.4, 0.5) is 0 Å². The predicted octanol–water partition coefficient (Wildman–Crippen LogP) is 4.56. The van der Waals surface area contributed by atoms with Gasteiger partial charge in [-0.2, -0.15) is 0 Å². The number of rotatable bonds is 6. The van der Waals surface area contributed by atoms with Crippen LogP contribution >= 0.6 is 11.3 Å². The summed E-state index contributed by atoms with van der Waals surface area (Å²) >= 11 is 1.68. The van der Waals surface area contributed by atoms with Crippen molar-refractivity contribution in [2.45, 2.75) is 39.7 Å². The van der Waals surface area contributed by atoms with Gasteiger partial charge in [-0.3, -0.25) is 4.79 Å². The normalized spacial score (nSPS) is 12.4. The van der Waals surface area contributed by atoms with E-state index in [0.717, 1.165) is 12.0 Å². The van der Waals surface area contributed by atoms with E-state index >= 15 is 0 Å². The average molecular weight is 301 g/mol. The van der Waals surface area contributed by atoms with E-state index in [1.54, 1.807) is 11.3 Å². The zero-order chi connectivity index (χ0) is 15.2. The van der Waals surface area contributed by atoms with E-state index in [4.69, 9.17) is 0 Å². The Morgan fingerprint density at radius 3 is 2.43 bits per heavy atom. The summed E-state index contributed by atoms with van der Waals surface area (Å²) < 4.78 is 0. The van der Waals surface area contributed by atoms with Gasteiger partial charge in [-0.15, -0.1) is 11.3 Å². The van der Waals surface area contributed by atoms with Crippen molar-refractivity contribution in [3.05, 3.63) is 57.8 Å². The number of thiophene rings is 1. The highest BCUT2D eigenvalue weighted by molar-refractivity contribution is 7.10. The minimum Gasteiger partial charge on any atom is -0.344 e. The fourth-order valence-corrected chi connectivity index (χ4v) is 3.16. The lowest BCUT2D eigenvalue weighted by Crippen LogP contribution is -2.27. The summed E-state index contributed by atoms with van der Waals surface area (Å²) in [5.41, 5.74) is 2.49. The van der Waals surface area contributed by atoms with E-state index in [9.17, 15) is 4.79 Å². The quantitative estimate of drug-likeness (QED) is 0.832. The molecule has 2 aromatic rings. The highest BCUT2D eigenvalue weighted by Gasteiger charge is 2.17. The van der Waals surface area contributed by atoms with Crippen LogP contribution in [0.5, 0.6) is 0 Å². The van der Waals surface area contributed by atoms with Gasteiger partial charge in [0.2, 0.25) is 5.91 Å². The lowest BCUT2D eigenvalue weighted by Gasteiger charge is -2.18. The van der Waals surface area contributed by atoms with Gasteiger partial charge in [0.05, 0.1) is 6.04 Å². The summed E-state index contributed by atoms with van der Waals surface area (Å²) in [5, 5.41) is 5.17. The molecule has 0 saturated heterocycles. The highest BCUT2D eigenvalue weighted by atomic mass is 32.1. The largest absolute Gasteiger partial charge is 0.344 e. The van der Waals surface area contributed by atoms with Crippen LogP contribution in [0.3, 0.4) is 0 Å². The van der Waals surface area contributed by atoms with Gasteiger partial charge in [0.25, 0.3) is 0 Å². The molecule has 1 N–H and O–H groups in total. The molecule has 1 amide bonds. The monoisotopic (exact) mass is 301 g/mol. The topological polar surface area (TPSA) is 29.1 Å². The molecule has 0 aliphatic carbocycles. The van der Waals surface area contributed by atoms with Gasteiger partial charge in [-0.05, 0) is 34.9 Å². The second-order valence-electron chi connectivity index (χ2n) is 5.71. The fourth-order valence-electron chi connectivity index (χ4n) is 2.35. The number of amides is 1. The molecular formula is C18H23NOS. The van der Waals surface area contributed by atoms with E-state index in [1.165, 1.54) is 10.4 Å². The maximum Gasteiger partial charge on any atom is 0.220 e. The molecule has 0 spiro atoms. The second kappa shape index (κ2) is 7.41. The third kappa shape index (κ3) is 4.43. The number of carbonyl (C=O) groups excluding carboxylic acids is 1. The smallest absolute Gasteiger partial charge is 0.220 e. The van der Waals surface area contributed by atoms with Crippen molar-refractivity contribution in [1.29, 1.82) is 0 Å². The van der Waals surface area contributed by atoms with Gasteiger partial charge < -0.3 is 5.32 Å². The first-order chi connectivity index (χ1) is 10.1. The molecule has 0 radical (unpaired) electrons. The van der Waals surface area contributed by atoms with Crippen molar-refractivity contribution in [3.8, 4) is 0 Å². The van der Waals surface area contributed by atoms with Crippen molar-refractivity contribution in [3.63, 3.8) is 0 Å². The molecule has 0 bridgehead atoms. The summed E-state index contributed by atoms with van der Waals surface area (Å²) in [6, 6.07) is 12.7. The van der Waals surface area contributed by atoms with Crippen molar-refractivity contribution in [1.82, 2.24) is 5.32 Å². The molecule has 1 aromatic heterocycles. The van der Waals surface area contributed by atoms with Crippen LogP contribution in [0.1, 0.15) is 49.2 Å². The first-order valence-corrected chi connectivity index (χ1v) is 8.39. The van der Waals surface area contributed by atoms with Gasteiger partial charge in [0.1, 0.15) is 0 Å². The Labute approximate surface area is 131 Å². The molecule has 1 unspecified atom stereocenters. The first-order valence-electron chi connectivity index (χ1n) is 7.51. The molecule has 112 valence electrons. The van der Waals surface area contributed by atoms with Crippen LogP contribution in [0, 0.1) is 5.92 Å². The lowest BCUT2D eigenvalue weighted by molar-refractivity contribution is -0.121. The van der Waals surface area contributed by atoms with Crippen LogP contribution in [0.25, 0.3) is 0 Å². The Hall–Kier alpha value is -1.61. The molecular weight excluding hydrogens is 278 g/mol. The van der Waals surface area contributed by atoms with Crippen LogP contribution in [0.2, 0.25) is 0 Å². The molecule has 1 heterocycles. The fraction of sp³-hybridized carbons (Fsp3) is 0.389. The summed E-state index contributed by atoms with van der Waals surface area (Å²) in [4.78, 5) is 13.0. The molecule has 2 nitrogen and oxygen atoms in total. The molecule has 1 aromatic carbocycles. The first kappa shape index (κ1) is 15.8. The Kier molecular flexibility index (Phi) is 5.57. The molecule has 3 heteroatoms. The Morgan fingerprint density at radius 1 is 1.19 bits per heavy atom. The molecule has 1 atom stereocenters. The van der Waals surface area contributed by atoms with E-state index in [2.05, 4.69) is 49.5 Å². The molecule has 0 aliphatic rings. The summed E-state index contributed by atoms with van der Waals surface area (Å²) in [5.74, 6) is 0.739. The summed E-state index contributed by atoms with van der Waals surface area (Å²) in [7, 11) is 0. The Morgan fingerprint density at radius 2 is 1.90 bits per heavy atom. The number of hydrogen-bond acceptors (Lipinski definition) is 2. The number of carbonyl (C=O) groups is 1. The second-order valence-corrected chi connectivity index (χ2v) is 6.69. The predicted molar refractivity (Wildman–Crippen MR) is 89.6 cm³/mol. The number of benzene rings is 1. The van der Waals surface area contributed by atoms with Gasteiger partial charge in [-0.1, -0.05) is 51.1 Å². The van der Waals surface area contributed by atoms with Crippen LogP contribution in [-0.4, -0.2) is 5.91 Å². The molecule has 21 heavy (non-hydrogen) atoms. The average Bonchev–Trinajstić information content (AvgIpc) is 2.99. The summed E-state index contributed by atoms with van der Waals surface area (Å²) in [6.07, 6.45) is 1.60. The van der Waals surface area contributed by atoms with Crippen molar-refractivity contribution < 1.29 is 4.79 Å². The maximum absolute atomic E-state index is 11.8. The van der Waals surface area contributed by atoms with Crippen molar-refractivity contribution in [2.75, 3.05) is 0 Å². The zero-order valence-electron chi connectivity index (χ0n) is 12.9. The molecule has 2 rings (SSSR count). The SMILES string of the molecule is CCC(=O)NC(c1ccc(CC(C)C)cc1)c1cccs1. The number of hydrogen-bond donors (Lipinski definition) is 1. The van der Waals surface area contributed by atoms with Crippen molar-refractivity contribution >= 4 is 17.2 Å². The van der Waals surface area contributed by atoms with Crippen molar-refractivity contribution in [2.24, 2.45) is 5.92 Å². The highest BCUT2D eigenvalue weighted by Crippen LogP contribution is 2.26. The zero-order valence-corrected chi connectivity index (χ0v) is 13.7. The van der Waals surface area contributed by atoms with E-state index in [1.807, 2.05) is 18.4 Å². The van der Waals surface area contributed by atoms with Gasteiger partial charge in [0, 0.05) is 11.3 Å². The third-order valence-electron chi connectivity index (χ3n) is 3.41. The van der Waals surface area contributed by atoms with Gasteiger partial charge in [0.15, 0.2) is 0 Å². The van der Waals surface area contributed by atoms with E-state index < -0.39 is 0 Å². The minimum atomic E-state index is -0.0365. The molecule has 0 saturated carbocycles. The minimum absolute atomic E-state index is 0.0365. The third-order valence-corrected chi connectivity index (χ3v) is 4.35. The van der Waals surface area contributed by atoms with Crippen LogP contribution in [-0.2, 0) is 11.2 Å². The van der Waals surface area contributed by atoms with Crippen LogP contribution < -0.4 is 5.32 Å². The Bertz CT molecular complexity index is 557. The van der Waals surface area contributed by atoms with Crippen LogP contribution in [0.15, 0.2) is 41.8 Å². The molecule has 0 aliphatic heterocycles. The standard InChI is InChI=1S/C18H23NOS/c1-4-17(20)19-18(16-6-5-11-21-16)15-9-7-14(8-10-15)12-13(2)3/h5-11,13,18H,4,12H2,1-3H3,(H,19,20). The van der Waals surface area contributed by atoms with Gasteiger partial charge in [-0.25, -0.2) is 0 Å². The van der Waals surface area contributed by atoms with Gasteiger partial charge >= 0.3 is 0 Å². The van der Waals surface area contributed by atoms with E-state index in [-0.39, 0.29) is 11.9 Å².